The van der Waals surface area contributed by atoms with Crippen molar-refractivity contribution in [3.63, 3.8) is 0 Å². The van der Waals surface area contributed by atoms with Gasteiger partial charge in [0.2, 0.25) is 0 Å². The Kier molecular flexibility index (Phi) is 4.60. The highest BCUT2D eigenvalue weighted by molar-refractivity contribution is 6.29. The van der Waals surface area contributed by atoms with Gasteiger partial charge in [0.05, 0.1) is 0 Å². The number of nitrogens with two attached hydrogens (primary N) is 1. The number of nitrogens with one attached hydrogen (secondary N) is 1. The maximum Gasteiger partial charge on any atom is 0.287 e. The zero-order valence-corrected chi connectivity index (χ0v) is 11.1. The molecule has 0 aliphatic carbocycles. The molecule has 1 amide bonds. The Bertz CT molecular complexity index is 549. The van der Waals surface area contributed by atoms with Crippen LogP contribution < -0.4 is 11.1 Å². The van der Waals surface area contributed by atoms with Crippen LogP contribution in [0.4, 0.5) is 0 Å². The fourth-order valence-corrected chi connectivity index (χ4v) is 1.84. The van der Waals surface area contributed by atoms with Crippen LogP contribution in [0.5, 0.6) is 0 Å². The van der Waals surface area contributed by atoms with Gasteiger partial charge >= 0.3 is 0 Å². The van der Waals surface area contributed by atoms with Crippen LogP contribution in [0.3, 0.4) is 0 Å². The van der Waals surface area contributed by atoms with Crippen LogP contribution in [0.1, 0.15) is 21.7 Å². The maximum absolute atomic E-state index is 11.7. The molecule has 0 bridgehead atoms. The van der Waals surface area contributed by atoms with E-state index < -0.39 is 0 Å². The first-order valence-corrected chi connectivity index (χ1v) is 6.38. The minimum Gasteiger partial charge on any atom is -0.440 e. The molecule has 100 valence electrons. The van der Waals surface area contributed by atoms with Crippen LogP contribution >= 0.6 is 11.6 Å². The summed E-state index contributed by atoms with van der Waals surface area (Å²) < 4.78 is 5.02. The smallest absolute Gasteiger partial charge is 0.287 e. The predicted octanol–water partition coefficient (Wildman–Crippen LogP) is 2.36. The molecule has 0 saturated carbocycles. The Morgan fingerprint density at radius 2 is 1.84 bits per heavy atom. The SMILES string of the molecule is NCCc1ccc(CNC(=O)c2ccc(Cl)o2)cc1. The first kappa shape index (κ1) is 13.6. The molecule has 0 aliphatic rings. The number of rotatable bonds is 5. The number of furan rings is 1. The lowest BCUT2D eigenvalue weighted by molar-refractivity contribution is 0.0923. The standard InChI is InChI=1S/C14H15ClN2O2/c15-13-6-5-12(19-13)14(18)17-9-11-3-1-10(2-4-11)7-8-16/h1-6H,7-9,16H2,(H,17,18). The van der Waals surface area contributed by atoms with Crippen molar-refractivity contribution in [3.8, 4) is 0 Å². The van der Waals surface area contributed by atoms with Crippen molar-refractivity contribution in [3.05, 3.63) is 58.5 Å². The average molecular weight is 279 g/mol. The molecule has 0 radical (unpaired) electrons. The van der Waals surface area contributed by atoms with E-state index in [1.54, 1.807) is 6.07 Å². The zero-order chi connectivity index (χ0) is 13.7. The number of hydrogen-bond acceptors (Lipinski definition) is 3. The average Bonchev–Trinajstić information content (AvgIpc) is 2.85. The molecule has 4 nitrogen and oxygen atoms in total. The fourth-order valence-electron chi connectivity index (χ4n) is 1.70. The highest BCUT2D eigenvalue weighted by atomic mass is 35.5. The Morgan fingerprint density at radius 3 is 2.42 bits per heavy atom. The molecular weight excluding hydrogens is 264 g/mol. The van der Waals surface area contributed by atoms with Crippen LogP contribution in [0.15, 0.2) is 40.8 Å². The lowest BCUT2D eigenvalue weighted by atomic mass is 10.1. The number of hydrogen-bond donors (Lipinski definition) is 2. The minimum atomic E-state index is -0.280. The Balaban J connectivity index is 1.89. The number of carbonyl (C=O) groups is 1. The summed E-state index contributed by atoms with van der Waals surface area (Å²) in [5.41, 5.74) is 7.70. The van der Waals surface area contributed by atoms with E-state index in [1.807, 2.05) is 24.3 Å². The molecule has 2 rings (SSSR count). The molecule has 1 heterocycles. The number of halogens is 1. The third-order valence-corrected chi connectivity index (χ3v) is 2.91. The van der Waals surface area contributed by atoms with Gasteiger partial charge in [-0.25, -0.2) is 0 Å². The molecular formula is C14H15ClN2O2. The second-order valence-electron chi connectivity index (χ2n) is 4.14. The molecule has 0 atom stereocenters. The molecule has 5 heteroatoms. The monoisotopic (exact) mass is 278 g/mol. The van der Waals surface area contributed by atoms with E-state index in [-0.39, 0.29) is 16.9 Å². The van der Waals surface area contributed by atoms with Gasteiger partial charge in [0.25, 0.3) is 5.91 Å². The molecule has 0 unspecified atom stereocenters. The number of benzene rings is 1. The Hall–Kier alpha value is -1.78. The molecule has 0 spiro atoms. The summed E-state index contributed by atoms with van der Waals surface area (Å²) in [6.45, 7) is 1.08. The molecule has 0 fully saturated rings. The van der Waals surface area contributed by atoms with Gasteiger partial charge in [-0.05, 0) is 47.8 Å². The molecule has 0 aliphatic heterocycles. The number of carbonyl (C=O) groups excluding carboxylic acids is 1. The molecule has 1 aromatic heterocycles. The van der Waals surface area contributed by atoms with Crippen molar-refractivity contribution in [2.75, 3.05) is 6.54 Å². The third-order valence-electron chi connectivity index (χ3n) is 2.71. The quantitative estimate of drug-likeness (QED) is 0.882. The molecule has 19 heavy (non-hydrogen) atoms. The van der Waals surface area contributed by atoms with E-state index in [4.69, 9.17) is 21.8 Å². The van der Waals surface area contributed by atoms with Crippen molar-refractivity contribution in [2.45, 2.75) is 13.0 Å². The minimum absolute atomic E-state index is 0.205. The van der Waals surface area contributed by atoms with Crippen molar-refractivity contribution < 1.29 is 9.21 Å². The largest absolute Gasteiger partial charge is 0.440 e. The van der Waals surface area contributed by atoms with E-state index in [2.05, 4.69) is 5.32 Å². The van der Waals surface area contributed by atoms with Gasteiger partial charge in [-0.3, -0.25) is 4.79 Å². The van der Waals surface area contributed by atoms with E-state index in [1.165, 1.54) is 11.6 Å². The normalized spacial score (nSPS) is 10.4. The van der Waals surface area contributed by atoms with Crippen molar-refractivity contribution in [1.82, 2.24) is 5.32 Å². The summed E-state index contributed by atoms with van der Waals surface area (Å²) in [5.74, 6) is -0.0670. The second kappa shape index (κ2) is 6.41. The van der Waals surface area contributed by atoms with Gasteiger partial charge in [0.1, 0.15) is 0 Å². The third kappa shape index (κ3) is 3.84. The summed E-state index contributed by atoms with van der Waals surface area (Å²) in [4.78, 5) is 11.7. The van der Waals surface area contributed by atoms with Gasteiger partial charge in [-0.15, -0.1) is 0 Å². The lowest BCUT2D eigenvalue weighted by Gasteiger charge is -2.05. The first-order valence-electron chi connectivity index (χ1n) is 6.00. The van der Waals surface area contributed by atoms with Crippen molar-refractivity contribution in [2.24, 2.45) is 5.73 Å². The van der Waals surface area contributed by atoms with Gasteiger partial charge in [0.15, 0.2) is 11.0 Å². The van der Waals surface area contributed by atoms with Crippen LogP contribution in [0.25, 0.3) is 0 Å². The summed E-state index contributed by atoms with van der Waals surface area (Å²) in [6.07, 6.45) is 0.859. The number of amides is 1. The summed E-state index contributed by atoms with van der Waals surface area (Å²) in [6, 6.07) is 11.1. The zero-order valence-electron chi connectivity index (χ0n) is 10.4. The molecule has 0 saturated heterocycles. The summed E-state index contributed by atoms with van der Waals surface area (Å²) in [5, 5.41) is 2.97. The van der Waals surface area contributed by atoms with Crippen LogP contribution in [0, 0.1) is 0 Å². The van der Waals surface area contributed by atoms with Crippen LogP contribution in [0.2, 0.25) is 5.22 Å². The van der Waals surface area contributed by atoms with Crippen molar-refractivity contribution >= 4 is 17.5 Å². The maximum atomic E-state index is 11.7. The highest BCUT2D eigenvalue weighted by Crippen LogP contribution is 2.13. The van der Waals surface area contributed by atoms with Crippen LogP contribution in [-0.2, 0) is 13.0 Å². The second-order valence-corrected chi connectivity index (χ2v) is 4.51. The highest BCUT2D eigenvalue weighted by Gasteiger charge is 2.09. The lowest BCUT2D eigenvalue weighted by Crippen LogP contribution is -2.22. The van der Waals surface area contributed by atoms with E-state index >= 15 is 0 Å². The van der Waals surface area contributed by atoms with Gasteiger partial charge in [-0.1, -0.05) is 24.3 Å². The topological polar surface area (TPSA) is 68.3 Å². The Labute approximate surface area is 116 Å². The van der Waals surface area contributed by atoms with Crippen LogP contribution in [-0.4, -0.2) is 12.5 Å². The first-order chi connectivity index (χ1) is 9.19. The summed E-state index contributed by atoms with van der Waals surface area (Å²) in [7, 11) is 0. The van der Waals surface area contributed by atoms with Gasteiger partial charge < -0.3 is 15.5 Å². The Morgan fingerprint density at radius 1 is 1.16 bits per heavy atom. The molecule has 2 aromatic rings. The van der Waals surface area contributed by atoms with E-state index in [0.717, 1.165) is 12.0 Å². The van der Waals surface area contributed by atoms with Gasteiger partial charge in [-0.2, -0.15) is 0 Å². The van der Waals surface area contributed by atoms with Gasteiger partial charge in [0, 0.05) is 6.54 Å². The van der Waals surface area contributed by atoms with E-state index in [9.17, 15) is 4.79 Å². The van der Waals surface area contributed by atoms with Crippen molar-refractivity contribution in [1.29, 1.82) is 0 Å². The fraction of sp³-hybridized carbons (Fsp3) is 0.214. The predicted molar refractivity (Wildman–Crippen MR) is 74.1 cm³/mol. The molecule has 3 N–H and O–H groups in total. The van der Waals surface area contributed by atoms with E-state index in [0.29, 0.717) is 13.1 Å². The molecule has 1 aromatic carbocycles. The summed E-state index contributed by atoms with van der Waals surface area (Å²) >= 11 is 5.61.